The number of hydrogen-bond donors (Lipinski definition) is 1. The number of amides is 1. The van der Waals surface area contributed by atoms with Crippen LogP contribution in [-0.4, -0.2) is 15.7 Å². The van der Waals surface area contributed by atoms with Gasteiger partial charge in [-0.15, -0.1) is 0 Å². The number of nitrogens with zero attached hydrogens (tertiary/aromatic N) is 2. The van der Waals surface area contributed by atoms with Crippen LogP contribution in [-0.2, 0) is 12.5 Å². The molecule has 0 aliphatic carbocycles. The SMILES string of the molecule is Cn1nc(C(N)=O)cc1C(C)(C)C. The summed E-state index contributed by atoms with van der Waals surface area (Å²) in [6.07, 6.45) is 0. The van der Waals surface area contributed by atoms with Gasteiger partial charge in [0.25, 0.3) is 5.91 Å². The molecule has 0 spiro atoms. The van der Waals surface area contributed by atoms with E-state index in [0.29, 0.717) is 5.69 Å². The second-order valence-electron chi connectivity index (χ2n) is 4.15. The van der Waals surface area contributed by atoms with E-state index in [2.05, 4.69) is 25.9 Å². The Kier molecular flexibility index (Phi) is 2.15. The summed E-state index contributed by atoms with van der Waals surface area (Å²) in [5.74, 6) is -0.480. The van der Waals surface area contributed by atoms with Gasteiger partial charge in [0.2, 0.25) is 0 Å². The first-order valence-electron chi connectivity index (χ1n) is 4.16. The van der Waals surface area contributed by atoms with Crippen molar-refractivity contribution >= 4 is 5.91 Å². The monoisotopic (exact) mass is 181 g/mol. The van der Waals surface area contributed by atoms with Gasteiger partial charge < -0.3 is 5.73 Å². The maximum absolute atomic E-state index is 10.8. The minimum Gasteiger partial charge on any atom is -0.364 e. The van der Waals surface area contributed by atoms with Crippen molar-refractivity contribution < 1.29 is 4.79 Å². The third-order valence-electron chi connectivity index (χ3n) is 1.90. The van der Waals surface area contributed by atoms with Crippen LogP contribution in [0.2, 0.25) is 0 Å². The smallest absolute Gasteiger partial charge is 0.269 e. The van der Waals surface area contributed by atoms with Crippen molar-refractivity contribution in [2.75, 3.05) is 0 Å². The van der Waals surface area contributed by atoms with E-state index in [1.165, 1.54) is 0 Å². The molecule has 0 aliphatic rings. The molecule has 2 N–H and O–H groups in total. The number of aryl methyl sites for hydroxylation is 1. The van der Waals surface area contributed by atoms with E-state index in [1.807, 2.05) is 7.05 Å². The molecule has 0 saturated carbocycles. The Morgan fingerprint density at radius 2 is 2.08 bits per heavy atom. The van der Waals surface area contributed by atoms with Gasteiger partial charge in [-0.3, -0.25) is 9.48 Å². The van der Waals surface area contributed by atoms with E-state index in [4.69, 9.17) is 5.73 Å². The molecule has 1 amide bonds. The predicted octanol–water partition coefficient (Wildman–Crippen LogP) is 0.816. The Labute approximate surface area is 77.7 Å². The Balaban J connectivity index is 3.18. The molecule has 0 aliphatic heterocycles. The van der Waals surface area contributed by atoms with E-state index in [9.17, 15) is 4.79 Å². The van der Waals surface area contributed by atoms with Crippen LogP contribution in [0.1, 0.15) is 37.0 Å². The summed E-state index contributed by atoms with van der Waals surface area (Å²) in [5.41, 5.74) is 6.43. The summed E-state index contributed by atoms with van der Waals surface area (Å²) in [6.45, 7) is 6.19. The minimum atomic E-state index is -0.480. The number of rotatable bonds is 1. The van der Waals surface area contributed by atoms with Crippen molar-refractivity contribution in [3.63, 3.8) is 0 Å². The second kappa shape index (κ2) is 2.87. The molecule has 0 aromatic carbocycles. The normalized spacial score (nSPS) is 11.7. The molecule has 72 valence electrons. The van der Waals surface area contributed by atoms with Crippen LogP contribution in [0.5, 0.6) is 0 Å². The summed E-state index contributed by atoms with van der Waals surface area (Å²) in [7, 11) is 1.81. The van der Waals surface area contributed by atoms with E-state index < -0.39 is 5.91 Å². The van der Waals surface area contributed by atoms with Gasteiger partial charge in [0.1, 0.15) is 5.69 Å². The lowest BCUT2D eigenvalue weighted by molar-refractivity contribution is 0.0995. The molecular weight excluding hydrogens is 166 g/mol. The van der Waals surface area contributed by atoms with Gasteiger partial charge in [-0.2, -0.15) is 5.10 Å². The van der Waals surface area contributed by atoms with E-state index in [1.54, 1.807) is 10.7 Å². The van der Waals surface area contributed by atoms with Crippen molar-refractivity contribution in [3.05, 3.63) is 17.5 Å². The Bertz CT molecular complexity index is 333. The van der Waals surface area contributed by atoms with E-state index in [-0.39, 0.29) is 5.41 Å². The summed E-state index contributed by atoms with van der Waals surface area (Å²) in [4.78, 5) is 10.8. The summed E-state index contributed by atoms with van der Waals surface area (Å²) in [5, 5.41) is 4.02. The maximum atomic E-state index is 10.8. The highest BCUT2D eigenvalue weighted by Gasteiger charge is 2.20. The maximum Gasteiger partial charge on any atom is 0.269 e. The highest BCUT2D eigenvalue weighted by molar-refractivity contribution is 5.90. The molecular formula is C9H15N3O. The van der Waals surface area contributed by atoms with Gasteiger partial charge in [-0.25, -0.2) is 0 Å². The Morgan fingerprint density at radius 1 is 1.54 bits per heavy atom. The Morgan fingerprint density at radius 3 is 2.31 bits per heavy atom. The fraction of sp³-hybridized carbons (Fsp3) is 0.556. The number of hydrogen-bond acceptors (Lipinski definition) is 2. The Hall–Kier alpha value is -1.32. The predicted molar refractivity (Wildman–Crippen MR) is 50.4 cm³/mol. The number of primary amides is 1. The third kappa shape index (κ3) is 1.88. The van der Waals surface area contributed by atoms with Crippen LogP contribution in [0.3, 0.4) is 0 Å². The van der Waals surface area contributed by atoms with Crippen LogP contribution in [0, 0.1) is 0 Å². The molecule has 1 aromatic heterocycles. The largest absolute Gasteiger partial charge is 0.364 e. The van der Waals surface area contributed by atoms with Gasteiger partial charge in [0, 0.05) is 18.2 Å². The van der Waals surface area contributed by atoms with Gasteiger partial charge in [0.15, 0.2) is 0 Å². The molecule has 1 aromatic rings. The molecule has 13 heavy (non-hydrogen) atoms. The molecule has 1 heterocycles. The highest BCUT2D eigenvalue weighted by atomic mass is 16.1. The average molecular weight is 181 g/mol. The van der Waals surface area contributed by atoms with Crippen LogP contribution in [0.15, 0.2) is 6.07 Å². The van der Waals surface area contributed by atoms with E-state index >= 15 is 0 Å². The van der Waals surface area contributed by atoms with Crippen LogP contribution >= 0.6 is 0 Å². The number of nitrogens with two attached hydrogens (primary N) is 1. The zero-order valence-corrected chi connectivity index (χ0v) is 8.46. The first-order valence-corrected chi connectivity index (χ1v) is 4.16. The van der Waals surface area contributed by atoms with Gasteiger partial charge in [-0.05, 0) is 6.07 Å². The lowest BCUT2D eigenvalue weighted by Gasteiger charge is -2.17. The molecule has 0 bridgehead atoms. The van der Waals surface area contributed by atoms with Crippen LogP contribution in [0.25, 0.3) is 0 Å². The van der Waals surface area contributed by atoms with Crippen molar-refractivity contribution in [2.24, 2.45) is 12.8 Å². The fourth-order valence-electron chi connectivity index (χ4n) is 1.29. The average Bonchev–Trinajstić information content (AvgIpc) is 2.29. The van der Waals surface area contributed by atoms with Gasteiger partial charge in [-0.1, -0.05) is 20.8 Å². The highest BCUT2D eigenvalue weighted by Crippen LogP contribution is 2.21. The second-order valence-corrected chi connectivity index (χ2v) is 4.15. The van der Waals surface area contributed by atoms with E-state index in [0.717, 1.165) is 5.69 Å². The molecule has 0 atom stereocenters. The van der Waals surface area contributed by atoms with Crippen molar-refractivity contribution in [2.45, 2.75) is 26.2 Å². The summed E-state index contributed by atoms with van der Waals surface area (Å²) < 4.78 is 1.69. The first-order chi connectivity index (χ1) is 5.82. The standard InChI is InChI=1S/C9H15N3O/c1-9(2,3)7-5-6(8(10)13)11-12(7)4/h5H,1-4H3,(H2,10,13). The summed E-state index contributed by atoms with van der Waals surface area (Å²) in [6, 6.07) is 1.74. The number of carbonyl (C=O) groups is 1. The lowest BCUT2D eigenvalue weighted by atomic mass is 9.92. The molecule has 4 heteroatoms. The van der Waals surface area contributed by atoms with Crippen molar-refractivity contribution in [1.82, 2.24) is 9.78 Å². The van der Waals surface area contributed by atoms with Gasteiger partial charge in [0.05, 0.1) is 0 Å². The molecule has 1 rings (SSSR count). The molecule has 0 saturated heterocycles. The molecule has 0 unspecified atom stereocenters. The lowest BCUT2D eigenvalue weighted by Crippen LogP contribution is -2.16. The molecule has 4 nitrogen and oxygen atoms in total. The zero-order valence-electron chi connectivity index (χ0n) is 8.46. The fourth-order valence-corrected chi connectivity index (χ4v) is 1.29. The van der Waals surface area contributed by atoms with Gasteiger partial charge >= 0.3 is 0 Å². The molecule has 0 radical (unpaired) electrons. The first kappa shape index (κ1) is 9.77. The number of aromatic nitrogens is 2. The minimum absolute atomic E-state index is 0.0184. The summed E-state index contributed by atoms with van der Waals surface area (Å²) >= 11 is 0. The zero-order chi connectivity index (χ0) is 10.2. The van der Waals surface area contributed by atoms with Crippen LogP contribution in [0.4, 0.5) is 0 Å². The van der Waals surface area contributed by atoms with Crippen molar-refractivity contribution in [3.8, 4) is 0 Å². The molecule has 0 fully saturated rings. The quantitative estimate of drug-likeness (QED) is 0.697. The third-order valence-corrected chi connectivity index (χ3v) is 1.90. The van der Waals surface area contributed by atoms with Crippen LogP contribution < -0.4 is 5.73 Å². The number of carbonyl (C=O) groups excluding carboxylic acids is 1. The van der Waals surface area contributed by atoms with Crippen molar-refractivity contribution in [1.29, 1.82) is 0 Å². The topological polar surface area (TPSA) is 60.9 Å².